The first-order valence-electron chi connectivity index (χ1n) is 9.25. The summed E-state index contributed by atoms with van der Waals surface area (Å²) in [7, 11) is 1.59. The largest absolute Gasteiger partial charge is 0.496 e. The highest BCUT2D eigenvalue weighted by Crippen LogP contribution is 2.46. The first kappa shape index (κ1) is 19.4. The van der Waals surface area contributed by atoms with Crippen LogP contribution in [0.1, 0.15) is 30.9 Å². The zero-order valence-corrected chi connectivity index (χ0v) is 16.3. The Hall–Kier alpha value is -3.32. The van der Waals surface area contributed by atoms with Crippen molar-refractivity contribution in [2.75, 3.05) is 13.7 Å². The lowest BCUT2D eigenvalue weighted by Gasteiger charge is -2.32. The van der Waals surface area contributed by atoms with Gasteiger partial charge in [0.1, 0.15) is 5.75 Å². The standard InChI is InChI=1S/C24H23NO3/c1-4-28-23(26)24(2,16-25)22(20-13-7-8-15-21(20)27-3)19-14-9-11-17-10-5-6-12-18(17)19/h5-15,22H,4H2,1-3H3/t22-,24+/m1/s1. The van der Waals surface area contributed by atoms with Gasteiger partial charge in [-0.2, -0.15) is 5.26 Å². The Balaban J connectivity index is 2.35. The molecule has 0 unspecified atom stereocenters. The van der Waals surface area contributed by atoms with Gasteiger partial charge in [-0.1, -0.05) is 60.7 Å². The number of fused-ring (bicyclic) bond motifs is 1. The number of benzene rings is 3. The molecular formula is C24H23NO3. The molecule has 0 aliphatic heterocycles. The van der Waals surface area contributed by atoms with Crippen LogP contribution in [0, 0.1) is 16.7 Å². The second kappa shape index (κ2) is 8.14. The molecule has 0 amide bonds. The number of carbonyl (C=O) groups excluding carboxylic acids is 1. The number of hydrogen-bond donors (Lipinski definition) is 0. The van der Waals surface area contributed by atoms with Crippen LogP contribution >= 0.6 is 0 Å². The van der Waals surface area contributed by atoms with E-state index in [2.05, 4.69) is 6.07 Å². The summed E-state index contributed by atoms with van der Waals surface area (Å²) in [4.78, 5) is 12.9. The van der Waals surface area contributed by atoms with Crippen molar-refractivity contribution >= 4 is 16.7 Å². The molecule has 3 aromatic carbocycles. The Bertz CT molecular complexity index is 1030. The van der Waals surface area contributed by atoms with E-state index < -0.39 is 17.3 Å². The second-order valence-corrected chi connectivity index (χ2v) is 6.78. The Morgan fingerprint density at radius 2 is 1.68 bits per heavy atom. The number of nitrogens with zero attached hydrogens (tertiary/aromatic N) is 1. The van der Waals surface area contributed by atoms with Crippen LogP contribution in [-0.4, -0.2) is 19.7 Å². The molecule has 0 spiro atoms. The SMILES string of the molecule is CCOC(=O)[C@@](C)(C#N)[C@@H](c1ccccc1OC)c1cccc2ccccc12. The molecule has 0 saturated heterocycles. The second-order valence-electron chi connectivity index (χ2n) is 6.78. The fourth-order valence-electron chi connectivity index (χ4n) is 3.71. The summed E-state index contributed by atoms with van der Waals surface area (Å²) in [6.45, 7) is 3.60. The molecule has 0 saturated carbocycles. The summed E-state index contributed by atoms with van der Waals surface area (Å²) in [5.74, 6) is -0.466. The normalized spacial score (nSPS) is 13.9. The van der Waals surface area contributed by atoms with Crippen molar-refractivity contribution in [2.24, 2.45) is 5.41 Å². The number of carbonyl (C=O) groups is 1. The Kier molecular flexibility index (Phi) is 5.65. The maximum Gasteiger partial charge on any atom is 0.327 e. The van der Waals surface area contributed by atoms with Gasteiger partial charge >= 0.3 is 5.97 Å². The Morgan fingerprint density at radius 1 is 1.04 bits per heavy atom. The highest BCUT2D eigenvalue weighted by atomic mass is 16.5. The third-order valence-corrected chi connectivity index (χ3v) is 5.09. The van der Waals surface area contributed by atoms with Crippen molar-refractivity contribution in [2.45, 2.75) is 19.8 Å². The van der Waals surface area contributed by atoms with E-state index in [-0.39, 0.29) is 6.61 Å². The minimum absolute atomic E-state index is 0.213. The number of methoxy groups -OCH3 is 1. The predicted molar refractivity (Wildman–Crippen MR) is 109 cm³/mol. The van der Waals surface area contributed by atoms with E-state index in [9.17, 15) is 10.1 Å². The van der Waals surface area contributed by atoms with E-state index in [1.165, 1.54) is 0 Å². The van der Waals surface area contributed by atoms with Gasteiger partial charge in [0.25, 0.3) is 0 Å². The highest BCUT2D eigenvalue weighted by molar-refractivity contribution is 5.89. The average molecular weight is 373 g/mol. The first-order valence-corrected chi connectivity index (χ1v) is 9.25. The van der Waals surface area contributed by atoms with Crippen LogP contribution in [0.15, 0.2) is 66.7 Å². The molecule has 0 fully saturated rings. The fourth-order valence-corrected chi connectivity index (χ4v) is 3.71. The molecule has 3 rings (SSSR count). The van der Waals surface area contributed by atoms with Gasteiger partial charge in [0.15, 0.2) is 5.41 Å². The van der Waals surface area contributed by atoms with Crippen LogP contribution in [0.25, 0.3) is 10.8 Å². The molecule has 28 heavy (non-hydrogen) atoms. The maximum atomic E-state index is 12.9. The van der Waals surface area contributed by atoms with E-state index in [1.54, 1.807) is 21.0 Å². The van der Waals surface area contributed by atoms with Crippen molar-refractivity contribution in [1.82, 2.24) is 0 Å². The van der Waals surface area contributed by atoms with Crippen molar-refractivity contribution in [3.8, 4) is 11.8 Å². The van der Waals surface area contributed by atoms with Crippen LogP contribution in [0.2, 0.25) is 0 Å². The van der Waals surface area contributed by atoms with Gasteiger partial charge in [-0.3, -0.25) is 4.79 Å². The van der Waals surface area contributed by atoms with E-state index in [0.717, 1.165) is 21.9 Å². The molecule has 0 aliphatic carbocycles. The average Bonchev–Trinajstić information content (AvgIpc) is 2.74. The molecule has 2 atom stereocenters. The summed E-state index contributed by atoms with van der Waals surface area (Å²) >= 11 is 0. The van der Waals surface area contributed by atoms with Crippen LogP contribution in [0.5, 0.6) is 5.75 Å². The fraction of sp³-hybridized carbons (Fsp3) is 0.250. The highest BCUT2D eigenvalue weighted by Gasteiger charge is 2.46. The molecule has 142 valence electrons. The molecule has 3 aromatic rings. The van der Waals surface area contributed by atoms with Gasteiger partial charge in [-0.05, 0) is 36.2 Å². The zero-order valence-electron chi connectivity index (χ0n) is 16.3. The first-order chi connectivity index (χ1) is 13.6. The molecule has 0 heterocycles. The van der Waals surface area contributed by atoms with Crippen molar-refractivity contribution in [3.05, 3.63) is 77.9 Å². The summed E-state index contributed by atoms with van der Waals surface area (Å²) in [5.41, 5.74) is 0.243. The number of esters is 1. The number of nitriles is 1. The monoisotopic (exact) mass is 373 g/mol. The number of hydrogen-bond acceptors (Lipinski definition) is 4. The topological polar surface area (TPSA) is 59.3 Å². The molecule has 0 bridgehead atoms. The third kappa shape index (κ3) is 3.32. The van der Waals surface area contributed by atoms with Gasteiger partial charge in [0.05, 0.1) is 19.8 Å². The zero-order chi connectivity index (χ0) is 20.1. The Morgan fingerprint density at radius 3 is 2.39 bits per heavy atom. The summed E-state index contributed by atoms with van der Waals surface area (Å²) in [6.07, 6.45) is 0. The smallest absolute Gasteiger partial charge is 0.327 e. The third-order valence-electron chi connectivity index (χ3n) is 5.09. The number of para-hydroxylation sites is 1. The Labute approximate surface area is 165 Å². The minimum Gasteiger partial charge on any atom is -0.496 e. The van der Waals surface area contributed by atoms with Crippen LogP contribution in [-0.2, 0) is 9.53 Å². The molecule has 0 aliphatic rings. The number of ether oxygens (including phenoxy) is 2. The lowest BCUT2D eigenvalue weighted by molar-refractivity contribution is -0.151. The van der Waals surface area contributed by atoms with Crippen LogP contribution in [0.3, 0.4) is 0 Å². The lowest BCUT2D eigenvalue weighted by Crippen LogP contribution is -2.36. The predicted octanol–water partition coefficient (Wildman–Crippen LogP) is 5.07. The number of rotatable bonds is 6. The van der Waals surface area contributed by atoms with Gasteiger partial charge in [0, 0.05) is 11.5 Å². The molecular weight excluding hydrogens is 350 g/mol. The van der Waals surface area contributed by atoms with E-state index >= 15 is 0 Å². The summed E-state index contributed by atoms with van der Waals surface area (Å²) in [6, 6.07) is 23.6. The summed E-state index contributed by atoms with van der Waals surface area (Å²) in [5, 5.41) is 12.2. The quantitative estimate of drug-likeness (QED) is 0.566. The van der Waals surface area contributed by atoms with Gasteiger partial charge in [-0.25, -0.2) is 0 Å². The summed E-state index contributed by atoms with van der Waals surface area (Å²) < 4.78 is 10.9. The van der Waals surface area contributed by atoms with E-state index in [4.69, 9.17) is 9.47 Å². The minimum atomic E-state index is -1.42. The van der Waals surface area contributed by atoms with Gasteiger partial charge in [-0.15, -0.1) is 0 Å². The lowest BCUT2D eigenvalue weighted by atomic mass is 9.69. The van der Waals surface area contributed by atoms with E-state index in [0.29, 0.717) is 5.75 Å². The maximum absolute atomic E-state index is 12.9. The van der Waals surface area contributed by atoms with Gasteiger partial charge in [0.2, 0.25) is 0 Å². The van der Waals surface area contributed by atoms with Gasteiger partial charge < -0.3 is 9.47 Å². The van der Waals surface area contributed by atoms with Crippen LogP contribution in [0.4, 0.5) is 0 Å². The van der Waals surface area contributed by atoms with Crippen molar-refractivity contribution in [1.29, 1.82) is 5.26 Å². The van der Waals surface area contributed by atoms with Crippen LogP contribution < -0.4 is 4.74 Å². The van der Waals surface area contributed by atoms with Crippen molar-refractivity contribution < 1.29 is 14.3 Å². The molecule has 0 aromatic heterocycles. The molecule has 0 N–H and O–H groups in total. The molecule has 4 heteroatoms. The van der Waals surface area contributed by atoms with E-state index in [1.807, 2.05) is 66.7 Å². The van der Waals surface area contributed by atoms with Crippen molar-refractivity contribution in [3.63, 3.8) is 0 Å². The molecule has 0 radical (unpaired) electrons. The molecule has 4 nitrogen and oxygen atoms in total.